The predicted molar refractivity (Wildman–Crippen MR) is 195 cm³/mol. The van der Waals surface area contributed by atoms with Crippen LogP contribution in [0.25, 0.3) is 42.1 Å². The van der Waals surface area contributed by atoms with Crippen molar-refractivity contribution in [1.29, 1.82) is 0 Å². The fraction of sp³-hybridized carbons (Fsp3) is 0.227. The Morgan fingerprint density at radius 1 is 0.478 bits per heavy atom. The lowest BCUT2D eigenvalue weighted by molar-refractivity contribution is -0.0399. The second-order valence-electron chi connectivity index (χ2n) is 14.6. The zero-order valence-electron chi connectivity index (χ0n) is 25.8. The SMILES string of the molecule is c1ccc2c(c1)-c1ccc(N(c3ccc4ccccc4c3)c3ccc4sc5ccccc5c4c3)cc1C21C2CC3CC(C2)CC1C3. The van der Waals surface area contributed by atoms with Gasteiger partial charge in [-0.15, -0.1) is 11.3 Å². The summed E-state index contributed by atoms with van der Waals surface area (Å²) >= 11 is 1.89. The molecule has 4 fully saturated rings. The standard InChI is InChI=1S/C44H35NS/c1-2-8-30-24-33(14-13-29(30)7-1)45(34-16-18-43-39(25-34)38-10-4-6-12-42(38)46-43)35-15-17-37-36-9-3-5-11-40(36)44(41(37)26-35)31-20-27-19-28(22-31)23-32(44)21-27/h1-18,24-28,31-32H,19-23H2. The van der Waals surface area contributed by atoms with Gasteiger partial charge in [0.15, 0.2) is 0 Å². The van der Waals surface area contributed by atoms with Gasteiger partial charge in [-0.1, -0.05) is 78.9 Å². The van der Waals surface area contributed by atoms with E-state index in [0.717, 1.165) is 23.7 Å². The topological polar surface area (TPSA) is 3.24 Å². The molecule has 7 aromatic rings. The minimum absolute atomic E-state index is 0.151. The minimum atomic E-state index is 0.151. The molecule has 222 valence electrons. The second-order valence-corrected chi connectivity index (χ2v) is 15.7. The molecule has 1 spiro atoms. The Kier molecular flexibility index (Phi) is 5.22. The molecule has 12 rings (SSSR count). The van der Waals surface area contributed by atoms with Gasteiger partial charge in [-0.3, -0.25) is 0 Å². The highest BCUT2D eigenvalue weighted by Gasteiger charge is 2.61. The van der Waals surface area contributed by atoms with Crippen LogP contribution in [0, 0.1) is 23.7 Å². The van der Waals surface area contributed by atoms with Crippen molar-refractivity contribution in [2.24, 2.45) is 23.7 Å². The molecule has 2 heteroatoms. The van der Waals surface area contributed by atoms with E-state index < -0.39 is 0 Å². The summed E-state index contributed by atoms with van der Waals surface area (Å²) < 4.78 is 2.70. The molecule has 0 radical (unpaired) electrons. The van der Waals surface area contributed by atoms with Gasteiger partial charge in [-0.25, -0.2) is 0 Å². The van der Waals surface area contributed by atoms with Crippen LogP contribution in [0.2, 0.25) is 0 Å². The van der Waals surface area contributed by atoms with E-state index in [4.69, 9.17) is 0 Å². The van der Waals surface area contributed by atoms with Crippen molar-refractivity contribution >= 4 is 59.3 Å². The highest BCUT2D eigenvalue weighted by molar-refractivity contribution is 7.25. The number of thiophene rings is 1. The summed E-state index contributed by atoms with van der Waals surface area (Å²) in [6.45, 7) is 0. The van der Waals surface area contributed by atoms with Crippen LogP contribution in [0.5, 0.6) is 0 Å². The number of anilines is 3. The van der Waals surface area contributed by atoms with E-state index in [9.17, 15) is 0 Å². The van der Waals surface area contributed by atoms with Crippen LogP contribution >= 0.6 is 11.3 Å². The largest absolute Gasteiger partial charge is 0.310 e. The molecule has 0 N–H and O–H groups in total. The van der Waals surface area contributed by atoms with Gasteiger partial charge >= 0.3 is 0 Å². The number of fused-ring (bicyclic) bond motifs is 7. The fourth-order valence-electron chi connectivity index (χ4n) is 10.9. The van der Waals surface area contributed by atoms with Crippen LogP contribution in [0.4, 0.5) is 17.1 Å². The summed E-state index contributed by atoms with van der Waals surface area (Å²) in [6, 6.07) is 48.7. The van der Waals surface area contributed by atoms with Gasteiger partial charge in [0.25, 0.3) is 0 Å². The first-order valence-electron chi connectivity index (χ1n) is 17.2. The maximum absolute atomic E-state index is 2.63. The zero-order valence-corrected chi connectivity index (χ0v) is 26.6. The van der Waals surface area contributed by atoms with Gasteiger partial charge in [0.05, 0.1) is 0 Å². The second kappa shape index (κ2) is 9.33. The van der Waals surface area contributed by atoms with E-state index >= 15 is 0 Å². The molecular formula is C44H35NS. The smallest absolute Gasteiger partial charge is 0.0468 e. The molecule has 0 amide bonds. The van der Waals surface area contributed by atoms with E-state index in [2.05, 4.69) is 132 Å². The van der Waals surface area contributed by atoms with Gasteiger partial charge in [-0.05, 0) is 137 Å². The third kappa shape index (κ3) is 3.41. The van der Waals surface area contributed by atoms with Crippen LogP contribution in [0.1, 0.15) is 43.2 Å². The Morgan fingerprint density at radius 3 is 1.98 bits per heavy atom. The Balaban J connectivity index is 1.15. The Morgan fingerprint density at radius 2 is 1.11 bits per heavy atom. The monoisotopic (exact) mass is 609 g/mol. The molecule has 46 heavy (non-hydrogen) atoms. The minimum Gasteiger partial charge on any atom is -0.310 e. The van der Waals surface area contributed by atoms with Crippen molar-refractivity contribution in [2.45, 2.75) is 37.5 Å². The Labute approximate surface area is 274 Å². The number of nitrogens with zero attached hydrogens (tertiary/aromatic N) is 1. The molecule has 4 saturated carbocycles. The molecule has 0 saturated heterocycles. The van der Waals surface area contributed by atoms with Gasteiger partial charge in [0.1, 0.15) is 0 Å². The Hall–Kier alpha value is -4.40. The summed E-state index contributed by atoms with van der Waals surface area (Å²) in [6.07, 6.45) is 7.10. The van der Waals surface area contributed by atoms with Crippen LogP contribution in [0.3, 0.4) is 0 Å². The average molecular weight is 610 g/mol. The van der Waals surface area contributed by atoms with E-state index in [1.54, 1.807) is 11.1 Å². The van der Waals surface area contributed by atoms with E-state index in [1.807, 2.05) is 11.3 Å². The quantitative estimate of drug-likeness (QED) is 0.193. The maximum atomic E-state index is 2.63. The van der Waals surface area contributed by atoms with Crippen molar-refractivity contribution in [3.63, 3.8) is 0 Å². The van der Waals surface area contributed by atoms with Crippen LogP contribution < -0.4 is 4.90 Å². The van der Waals surface area contributed by atoms with Crippen molar-refractivity contribution in [3.05, 3.63) is 139 Å². The van der Waals surface area contributed by atoms with Gasteiger partial charge < -0.3 is 4.90 Å². The van der Waals surface area contributed by atoms with Gasteiger partial charge in [-0.2, -0.15) is 0 Å². The molecule has 1 heterocycles. The van der Waals surface area contributed by atoms with Crippen molar-refractivity contribution in [2.75, 3.05) is 4.90 Å². The lowest BCUT2D eigenvalue weighted by atomic mass is 9.43. The van der Waals surface area contributed by atoms with Crippen molar-refractivity contribution in [3.8, 4) is 11.1 Å². The van der Waals surface area contributed by atoms with E-state index in [1.165, 1.54) is 91.2 Å². The third-order valence-electron chi connectivity index (χ3n) is 12.4. The molecule has 5 aliphatic carbocycles. The normalized spacial score (nSPS) is 25.5. The van der Waals surface area contributed by atoms with Crippen LogP contribution in [-0.4, -0.2) is 0 Å². The molecule has 4 bridgehead atoms. The molecule has 0 aliphatic heterocycles. The number of hydrogen-bond acceptors (Lipinski definition) is 2. The number of rotatable bonds is 3. The van der Waals surface area contributed by atoms with Crippen LogP contribution in [-0.2, 0) is 5.41 Å². The summed E-state index contributed by atoms with van der Waals surface area (Å²) in [5, 5.41) is 5.25. The molecule has 5 aliphatic rings. The van der Waals surface area contributed by atoms with Gasteiger partial charge in [0, 0.05) is 42.6 Å². The lowest BCUT2D eigenvalue weighted by Gasteiger charge is -2.61. The molecule has 1 nitrogen and oxygen atoms in total. The molecule has 6 aromatic carbocycles. The first kappa shape index (κ1) is 25.8. The fourth-order valence-corrected chi connectivity index (χ4v) is 12.0. The molecule has 1 aromatic heterocycles. The average Bonchev–Trinajstić information content (AvgIpc) is 3.60. The first-order valence-corrected chi connectivity index (χ1v) is 18.0. The van der Waals surface area contributed by atoms with Crippen molar-refractivity contribution in [1.82, 2.24) is 0 Å². The van der Waals surface area contributed by atoms with Crippen LogP contribution in [0.15, 0.2) is 127 Å². The van der Waals surface area contributed by atoms with Gasteiger partial charge in [0.2, 0.25) is 0 Å². The summed E-state index contributed by atoms with van der Waals surface area (Å²) in [5.41, 5.74) is 10.1. The summed E-state index contributed by atoms with van der Waals surface area (Å²) in [5.74, 6) is 3.38. The summed E-state index contributed by atoms with van der Waals surface area (Å²) in [7, 11) is 0. The molecule has 0 atom stereocenters. The number of hydrogen-bond donors (Lipinski definition) is 0. The first-order chi connectivity index (χ1) is 22.7. The Bertz CT molecular complexity index is 2330. The molecule has 0 unspecified atom stereocenters. The predicted octanol–water partition coefficient (Wildman–Crippen LogP) is 12.4. The zero-order chi connectivity index (χ0) is 30.0. The van der Waals surface area contributed by atoms with E-state index in [-0.39, 0.29) is 5.41 Å². The third-order valence-corrected chi connectivity index (χ3v) is 13.6. The summed E-state index contributed by atoms with van der Waals surface area (Å²) in [4.78, 5) is 2.53. The number of benzene rings is 6. The highest BCUT2D eigenvalue weighted by atomic mass is 32.1. The van der Waals surface area contributed by atoms with E-state index in [0.29, 0.717) is 0 Å². The van der Waals surface area contributed by atoms with Crippen molar-refractivity contribution < 1.29 is 0 Å². The maximum Gasteiger partial charge on any atom is 0.0468 e. The lowest BCUT2D eigenvalue weighted by Crippen LogP contribution is -2.55. The highest BCUT2D eigenvalue weighted by Crippen LogP contribution is 2.69. The molecular weight excluding hydrogens is 575 g/mol.